The maximum atomic E-state index is 13.7. The van der Waals surface area contributed by atoms with Crippen molar-refractivity contribution in [3.8, 4) is 5.69 Å². The van der Waals surface area contributed by atoms with Gasteiger partial charge in [-0.2, -0.15) is 5.10 Å². The van der Waals surface area contributed by atoms with Crippen LogP contribution >= 0.6 is 0 Å². The van der Waals surface area contributed by atoms with Crippen LogP contribution in [0.4, 0.5) is 19.0 Å². The molecule has 1 aromatic carbocycles. The molecule has 0 aliphatic heterocycles. The zero-order chi connectivity index (χ0) is 17.3. The lowest BCUT2D eigenvalue weighted by atomic mass is 10.2. The average molecular weight is 332 g/mol. The number of pyridine rings is 1. The molecule has 0 fully saturated rings. The summed E-state index contributed by atoms with van der Waals surface area (Å²) >= 11 is 0. The summed E-state index contributed by atoms with van der Waals surface area (Å²) < 4.78 is 41.8. The molecule has 2 heterocycles. The van der Waals surface area contributed by atoms with E-state index in [9.17, 15) is 18.0 Å². The molecule has 3 aromatic rings. The fraction of sp³-hybridized carbons (Fsp3) is 0.0625. The lowest BCUT2D eigenvalue weighted by molar-refractivity contribution is 0.101. The van der Waals surface area contributed by atoms with Gasteiger partial charge < -0.3 is 5.32 Å². The summed E-state index contributed by atoms with van der Waals surface area (Å²) in [5, 5.41) is 6.60. The summed E-state index contributed by atoms with van der Waals surface area (Å²) in [5.41, 5.74) is 0.326. The van der Waals surface area contributed by atoms with Gasteiger partial charge in [0.1, 0.15) is 28.8 Å². The van der Waals surface area contributed by atoms with E-state index in [-0.39, 0.29) is 5.82 Å². The number of halogens is 3. The molecule has 2 aromatic heterocycles. The van der Waals surface area contributed by atoms with Crippen LogP contribution in [0.15, 0.2) is 42.7 Å². The first kappa shape index (κ1) is 15.7. The van der Waals surface area contributed by atoms with Crippen LogP contribution < -0.4 is 5.32 Å². The summed E-state index contributed by atoms with van der Waals surface area (Å²) in [7, 11) is 0. The zero-order valence-corrected chi connectivity index (χ0v) is 12.4. The SMILES string of the molecule is Cc1cc(NC(=O)c2c(F)cc(F)cc2F)n(-c2ccncc2)n1. The Morgan fingerprint density at radius 3 is 2.33 bits per heavy atom. The van der Waals surface area contributed by atoms with Crippen molar-refractivity contribution in [3.05, 3.63) is 71.4 Å². The Hall–Kier alpha value is -3.16. The number of hydrogen-bond acceptors (Lipinski definition) is 3. The largest absolute Gasteiger partial charge is 0.306 e. The third-order valence-corrected chi connectivity index (χ3v) is 3.21. The number of nitrogens with one attached hydrogen (secondary N) is 1. The molecule has 1 amide bonds. The number of rotatable bonds is 3. The molecule has 3 rings (SSSR count). The van der Waals surface area contributed by atoms with E-state index in [1.165, 1.54) is 23.1 Å². The minimum atomic E-state index is -1.28. The van der Waals surface area contributed by atoms with Crippen molar-refractivity contribution in [2.75, 3.05) is 5.32 Å². The van der Waals surface area contributed by atoms with Crippen LogP contribution in [0.2, 0.25) is 0 Å². The van der Waals surface area contributed by atoms with Crippen molar-refractivity contribution < 1.29 is 18.0 Å². The van der Waals surface area contributed by atoms with Crippen molar-refractivity contribution >= 4 is 11.7 Å². The molecule has 5 nitrogen and oxygen atoms in total. The Balaban J connectivity index is 1.97. The van der Waals surface area contributed by atoms with E-state index in [2.05, 4.69) is 15.4 Å². The summed E-state index contributed by atoms with van der Waals surface area (Å²) in [5.74, 6) is -4.49. The Labute approximate surface area is 134 Å². The predicted octanol–water partition coefficient (Wildman–Crippen LogP) is 3.25. The molecule has 8 heteroatoms. The Bertz CT molecular complexity index is 886. The fourth-order valence-electron chi connectivity index (χ4n) is 2.21. The van der Waals surface area contributed by atoms with Crippen molar-refractivity contribution in [2.24, 2.45) is 0 Å². The van der Waals surface area contributed by atoms with Crippen LogP contribution in [0.1, 0.15) is 16.1 Å². The van der Waals surface area contributed by atoms with Gasteiger partial charge in [-0.3, -0.25) is 9.78 Å². The van der Waals surface area contributed by atoms with Gasteiger partial charge in [0.15, 0.2) is 0 Å². The van der Waals surface area contributed by atoms with E-state index < -0.39 is 28.9 Å². The summed E-state index contributed by atoms with van der Waals surface area (Å²) in [6, 6.07) is 5.74. The van der Waals surface area contributed by atoms with E-state index in [1.54, 1.807) is 19.1 Å². The lowest BCUT2D eigenvalue weighted by Gasteiger charge is -2.10. The highest BCUT2D eigenvalue weighted by molar-refractivity contribution is 6.04. The smallest absolute Gasteiger partial charge is 0.262 e. The normalized spacial score (nSPS) is 10.7. The van der Waals surface area contributed by atoms with Crippen molar-refractivity contribution in [2.45, 2.75) is 6.92 Å². The highest BCUT2D eigenvalue weighted by Crippen LogP contribution is 2.20. The minimum Gasteiger partial charge on any atom is -0.306 e. The number of aromatic nitrogens is 3. The number of amides is 1. The number of anilines is 1. The molecule has 122 valence electrons. The first-order chi connectivity index (χ1) is 11.5. The molecule has 0 saturated carbocycles. The molecule has 0 unspecified atom stereocenters. The Morgan fingerprint density at radius 2 is 1.71 bits per heavy atom. The van der Waals surface area contributed by atoms with Gasteiger partial charge >= 0.3 is 0 Å². The van der Waals surface area contributed by atoms with Crippen LogP contribution in [0, 0.1) is 24.4 Å². The highest BCUT2D eigenvalue weighted by Gasteiger charge is 2.21. The van der Waals surface area contributed by atoms with Crippen LogP contribution in [0.3, 0.4) is 0 Å². The minimum absolute atomic E-state index is 0.215. The average Bonchev–Trinajstić information content (AvgIpc) is 2.87. The second kappa shape index (κ2) is 6.15. The van der Waals surface area contributed by atoms with E-state index >= 15 is 0 Å². The lowest BCUT2D eigenvalue weighted by Crippen LogP contribution is -2.18. The van der Waals surface area contributed by atoms with Gasteiger partial charge in [0.25, 0.3) is 5.91 Å². The van der Waals surface area contributed by atoms with Gasteiger partial charge in [0, 0.05) is 30.6 Å². The van der Waals surface area contributed by atoms with Crippen molar-refractivity contribution in [1.82, 2.24) is 14.8 Å². The van der Waals surface area contributed by atoms with E-state index in [0.29, 0.717) is 23.5 Å². The van der Waals surface area contributed by atoms with Gasteiger partial charge in [-0.25, -0.2) is 17.9 Å². The number of carbonyl (C=O) groups excluding carboxylic acids is 1. The fourth-order valence-corrected chi connectivity index (χ4v) is 2.21. The molecule has 0 spiro atoms. The molecule has 0 radical (unpaired) electrons. The summed E-state index contributed by atoms with van der Waals surface area (Å²) in [4.78, 5) is 16.1. The van der Waals surface area contributed by atoms with Crippen molar-refractivity contribution in [1.29, 1.82) is 0 Å². The monoisotopic (exact) mass is 332 g/mol. The second-order valence-electron chi connectivity index (χ2n) is 4.99. The van der Waals surface area contributed by atoms with Gasteiger partial charge in [-0.15, -0.1) is 0 Å². The molecular formula is C16H11F3N4O. The van der Waals surface area contributed by atoms with E-state index in [1.807, 2.05) is 0 Å². The molecule has 0 aliphatic rings. The Morgan fingerprint density at radius 1 is 1.08 bits per heavy atom. The number of nitrogens with zero attached hydrogens (tertiary/aromatic N) is 3. The van der Waals surface area contributed by atoms with Crippen LogP contribution in [-0.2, 0) is 0 Å². The zero-order valence-electron chi connectivity index (χ0n) is 12.4. The summed E-state index contributed by atoms with van der Waals surface area (Å²) in [6.45, 7) is 1.70. The van der Waals surface area contributed by atoms with Gasteiger partial charge in [0.05, 0.1) is 11.4 Å². The molecule has 24 heavy (non-hydrogen) atoms. The van der Waals surface area contributed by atoms with Crippen molar-refractivity contribution in [3.63, 3.8) is 0 Å². The molecule has 0 atom stereocenters. The van der Waals surface area contributed by atoms with Crippen LogP contribution in [0.25, 0.3) is 5.69 Å². The maximum absolute atomic E-state index is 13.7. The number of hydrogen-bond donors (Lipinski definition) is 1. The Kier molecular flexibility index (Phi) is 4.03. The molecular weight excluding hydrogens is 321 g/mol. The van der Waals surface area contributed by atoms with E-state index in [4.69, 9.17) is 0 Å². The number of benzene rings is 1. The third kappa shape index (κ3) is 2.98. The van der Waals surface area contributed by atoms with E-state index in [0.717, 1.165) is 0 Å². The van der Waals surface area contributed by atoms with Gasteiger partial charge in [-0.1, -0.05) is 0 Å². The first-order valence-corrected chi connectivity index (χ1v) is 6.88. The quantitative estimate of drug-likeness (QED) is 0.801. The van der Waals surface area contributed by atoms with Gasteiger partial charge in [0.2, 0.25) is 0 Å². The van der Waals surface area contributed by atoms with Crippen LogP contribution in [-0.4, -0.2) is 20.7 Å². The third-order valence-electron chi connectivity index (χ3n) is 3.21. The standard InChI is InChI=1S/C16H11F3N4O/c1-9-6-14(23(22-9)11-2-4-20-5-3-11)21-16(24)15-12(18)7-10(17)8-13(15)19/h2-8H,1H3,(H,21,24). The highest BCUT2D eigenvalue weighted by atomic mass is 19.1. The maximum Gasteiger partial charge on any atom is 0.262 e. The molecule has 0 bridgehead atoms. The van der Waals surface area contributed by atoms with Crippen LogP contribution in [0.5, 0.6) is 0 Å². The second-order valence-corrected chi connectivity index (χ2v) is 4.99. The molecule has 1 N–H and O–H groups in total. The number of carbonyl (C=O) groups is 1. The molecule has 0 aliphatic carbocycles. The number of aryl methyl sites for hydroxylation is 1. The first-order valence-electron chi connectivity index (χ1n) is 6.88. The predicted molar refractivity (Wildman–Crippen MR) is 80.4 cm³/mol. The summed E-state index contributed by atoms with van der Waals surface area (Å²) in [6.07, 6.45) is 3.08. The topological polar surface area (TPSA) is 59.8 Å². The van der Waals surface area contributed by atoms with Gasteiger partial charge in [-0.05, 0) is 19.1 Å². The molecule has 0 saturated heterocycles.